The van der Waals surface area contributed by atoms with Crippen LogP contribution >= 0.6 is 0 Å². The highest BCUT2D eigenvalue weighted by Gasteiger charge is 2.32. The molecular formula is C45H59N5O5. The standard InChI is InChI=1S/C45H59N5O5/c1-2-3-4-5-6-7-8-9-10-11-15-25-38(32-42(46)51)50(33-37-24-18-19-31-47-37)45(54)41(27-20-28-43(52)55-34-35-21-13-12-14-22-35)49-44(53)40-30-29-36-23-16-17-26-39(36)48-40/h12-14,16-19,21-24,26,29-31,38,41H,2-11,15,20,25,27-28,32-34H2,1H3,(H2,46,51)(H,49,53)/t38-,41-/m0/s1. The third kappa shape index (κ3) is 15.6. The summed E-state index contributed by atoms with van der Waals surface area (Å²) in [6.07, 6.45) is 15.7. The second kappa shape index (κ2) is 24.3. The summed E-state index contributed by atoms with van der Waals surface area (Å²) in [4.78, 5) is 64.4. The molecule has 3 N–H and O–H groups in total. The van der Waals surface area contributed by atoms with Crippen LogP contribution in [0, 0.1) is 0 Å². The molecule has 2 aromatic heterocycles. The number of para-hydroxylation sites is 1. The van der Waals surface area contributed by atoms with Crippen molar-refractivity contribution in [1.82, 2.24) is 20.2 Å². The first-order valence-electron chi connectivity index (χ1n) is 20.2. The molecule has 10 heteroatoms. The number of carbonyl (C=O) groups excluding carboxylic acids is 4. The summed E-state index contributed by atoms with van der Waals surface area (Å²) in [5.41, 5.74) is 8.15. The van der Waals surface area contributed by atoms with Gasteiger partial charge in [0.25, 0.3) is 5.91 Å². The van der Waals surface area contributed by atoms with Crippen LogP contribution in [0.2, 0.25) is 0 Å². The van der Waals surface area contributed by atoms with E-state index < -0.39 is 29.9 Å². The maximum atomic E-state index is 14.7. The molecule has 0 fully saturated rings. The van der Waals surface area contributed by atoms with Crippen molar-refractivity contribution in [3.8, 4) is 0 Å². The molecule has 3 amide bonds. The van der Waals surface area contributed by atoms with E-state index in [4.69, 9.17) is 10.5 Å². The minimum atomic E-state index is -1.01. The van der Waals surface area contributed by atoms with E-state index in [2.05, 4.69) is 22.2 Å². The van der Waals surface area contributed by atoms with Crippen LogP contribution in [-0.2, 0) is 32.3 Å². The van der Waals surface area contributed by atoms with Crippen LogP contribution in [0.25, 0.3) is 10.9 Å². The summed E-state index contributed by atoms with van der Waals surface area (Å²) in [5, 5.41) is 3.82. The maximum Gasteiger partial charge on any atom is 0.306 e. The van der Waals surface area contributed by atoms with E-state index in [0.29, 0.717) is 17.6 Å². The number of primary amides is 1. The van der Waals surface area contributed by atoms with Gasteiger partial charge in [-0.15, -0.1) is 0 Å². The number of hydrogen-bond acceptors (Lipinski definition) is 7. The lowest BCUT2D eigenvalue weighted by molar-refractivity contribution is -0.145. The SMILES string of the molecule is CCCCCCCCCCCCC[C@@H](CC(N)=O)N(Cc1ccccn1)C(=O)[C@H](CCCC(=O)OCc1ccccc1)NC(=O)c1ccc2ccccc2n1. The van der Waals surface area contributed by atoms with Crippen molar-refractivity contribution < 1.29 is 23.9 Å². The Labute approximate surface area is 326 Å². The summed E-state index contributed by atoms with van der Waals surface area (Å²) < 4.78 is 5.48. The number of benzene rings is 2. The number of nitrogens with zero attached hydrogens (tertiary/aromatic N) is 3. The van der Waals surface area contributed by atoms with Crippen LogP contribution in [0.1, 0.15) is 131 Å². The van der Waals surface area contributed by atoms with Crippen molar-refractivity contribution >= 4 is 34.6 Å². The number of hydrogen-bond donors (Lipinski definition) is 2. The Kier molecular flexibility index (Phi) is 18.8. The Balaban J connectivity index is 1.48. The number of rotatable bonds is 26. The first-order chi connectivity index (χ1) is 26.8. The van der Waals surface area contributed by atoms with E-state index in [1.807, 2.05) is 72.8 Å². The quantitative estimate of drug-likeness (QED) is 0.0483. The zero-order valence-corrected chi connectivity index (χ0v) is 32.5. The third-order valence-electron chi connectivity index (χ3n) is 9.91. The summed E-state index contributed by atoms with van der Waals surface area (Å²) >= 11 is 0. The summed E-state index contributed by atoms with van der Waals surface area (Å²) in [7, 11) is 0. The molecule has 4 rings (SSSR count). The Morgan fingerprint density at radius 1 is 0.745 bits per heavy atom. The van der Waals surface area contributed by atoms with Crippen molar-refractivity contribution in [3.05, 3.63) is 108 Å². The summed E-state index contributed by atoms with van der Waals surface area (Å²) in [5.74, 6) is -1.78. The van der Waals surface area contributed by atoms with E-state index in [1.54, 1.807) is 23.2 Å². The number of pyridine rings is 2. The lowest BCUT2D eigenvalue weighted by Crippen LogP contribution is -2.52. The molecule has 0 unspecified atom stereocenters. The zero-order valence-electron chi connectivity index (χ0n) is 32.5. The van der Waals surface area contributed by atoms with Crippen molar-refractivity contribution in [3.63, 3.8) is 0 Å². The number of aromatic nitrogens is 2. The van der Waals surface area contributed by atoms with Crippen LogP contribution in [0.3, 0.4) is 0 Å². The molecule has 0 radical (unpaired) electrons. The van der Waals surface area contributed by atoms with Crippen molar-refractivity contribution in [1.29, 1.82) is 0 Å². The molecule has 294 valence electrons. The molecule has 0 aliphatic heterocycles. The number of ether oxygens (including phenoxy) is 1. The van der Waals surface area contributed by atoms with E-state index in [9.17, 15) is 19.2 Å². The normalized spacial score (nSPS) is 12.2. The fourth-order valence-corrected chi connectivity index (χ4v) is 6.84. The molecule has 4 aromatic rings. The van der Waals surface area contributed by atoms with E-state index >= 15 is 0 Å². The highest BCUT2D eigenvalue weighted by atomic mass is 16.5. The van der Waals surface area contributed by atoms with Crippen molar-refractivity contribution in [2.24, 2.45) is 5.73 Å². The van der Waals surface area contributed by atoms with Gasteiger partial charge < -0.3 is 20.7 Å². The average molecular weight is 750 g/mol. The van der Waals surface area contributed by atoms with Crippen LogP contribution in [-0.4, -0.2) is 50.6 Å². The molecule has 0 saturated heterocycles. The van der Waals surface area contributed by atoms with Gasteiger partial charge >= 0.3 is 5.97 Å². The van der Waals surface area contributed by atoms with Gasteiger partial charge in [-0.25, -0.2) is 4.98 Å². The highest BCUT2D eigenvalue weighted by Crippen LogP contribution is 2.21. The van der Waals surface area contributed by atoms with Gasteiger partial charge in [-0.2, -0.15) is 0 Å². The van der Waals surface area contributed by atoms with Gasteiger partial charge in [-0.3, -0.25) is 24.2 Å². The Morgan fingerprint density at radius 3 is 2.11 bits per heavy atom. The Morgan fingerprint density at radius 2 is 1.42 bits per heavy atom. The maximum absolute atomic E-state index is 14.7. The Bertz CT molecular complexity index is 1750. The van der Waals surface area contributed by atoms with Gasteiger partial charge in [-0.05, 0) is 49.1 Å². The fraction of sp³-hybridized carbons (Fsp3) is 0.467. The number of unbranched alkanes of at least 4 members (excludes halogenated alkanes) is 10. The molecule has 2 heterocycles. The van der Waals surface area contributed by atoms with Crippen LogP contribution in [0.15, 0.2) is 91.1 Å². The van der Waals surface area contributed by atoms with Gasteiger partial charge in [0, 0.05) is 30.5 Å². The lowest BCUT2D eigenvalue weighted by atomic mass is 9.99. The van der Waals surface area contributed by atoms with Crippen LogP contribution in [0.5, 0.6) is 0 Å². The highest BCUT2D eigenvalue weighted by molar-refractivity contribution is 5.98. The molecule has 0 saturated carbocycles. The van der Waals surface area contributed by atoms with E-state index in [-0.39, 0.29) is 50.4 Å². The summed E-state index contributed by atoms with van der Waals surface area (Å²) in [6, 6.07) is 24.3. The molecular weight excluding hydrogens is 691 g/mol. The first kappa shape index (κ1) is 42.6. The zero-order chi connectivity index (χ0) is 39.1. The number of nitrogens with one attached hydrogen (secondary N) is 1. The number of fused-ring (bicyclic) bond motifs is 1. The number of esters is 1. The van der Waals surface area contributed by atoms with Crippen LogP contribution in [0.4, 0.5) is 0 Å². The molecule has 2 aromatic carbocycles. The molecule has 0 bridgehead atoms. The monoisotopic (exact) mass is 749 g/mol. The molecule has 2 atom stereocenters. The molecule has 0 spiro atoms. The first-order valence-corrected chi connectivity index (χ1v) is 20.2. The predicted molar refractivity (Wildman–Crippen MR) is 217 cm³/mol. The second-order valence-electron chi connectivity index (χ2n) is 14.4. The van der Waals surface area contributed by atoms with E-state index in [1.165, 1.54) is 44.9 Å². The minimum absolute atomic E-state index is 0.0188. The molecule has 10 nitrogen and oxygen atoms in total. The summed E-state index contributed by atoms with van der Waals surface area (Å²) in [6.45, 7) is 2.52. The Hall–Kier alpha value is -5.12. The molecule has 0 aliphatic rings. The van der Waals surface area contributed by atoms with Crippen molar-refractivity contribution in [2.45, 2.75) is 135 Å². The van der Waals surface area contributed by atoms with E-state index in [0.717, 1.165) is 36.6 Å². The van der Waals surface area contributed by atoms with Gasteiger partial charge in [0.05, 0.1) is 17.8 Å². The average Bonchev–Trinajstić information content (AvgIpc) is 3.20. The van der Waals surface area contributed by atoms with Gasteiger partial charge in [0.1, 0.15) is 18.3 Å². The van der Waals surface area contributed by atoms with Gasteiger partial charge in [-0.1, -0.05) is 138 Å². The molecule has 55 heavy (non-hydrogen) atoms. The largest absolute Gasteiger partial charge is 0.461 e. The van der Waals surface area contributed by atoms with Crippen molar-refractivity contribution in [2.75, 3.05) is 0 Å². The smallest absolute Gasteiger partial charge is 0.306 e. The second-order valence-corrected chi connectivity index (χ2v) is 14.4. The third-order valence-corrected chi connectivity index (χ3v) is 9.91. The topological polar surface area (TPSA) is 145 Å². The fourth-order valence-electron chi connectivity index (χ4n) is 6.84. The predicted octanol–water partition coefficient (Wildman–Crippen LogP) is 8.62. The molecule has 0 aliphatic carbocycles. The van der Waals surface area contributed by atoms with Crippen LogP contribution < -0.4 is 11.1 Å². The van der Waals surface area contributed by atoms with Gasteiger partial charge in [0.2, 0.25) is 11.8 Å². The number of amides is 3. The number of carbonyl (C=O) groups is 4. The van der Waals surface area contributed by atoms with Gasteiger partial charge in [0.15, 0.2) is 0 Å². The number of nitrogens with two attached hydrogens (primary N) is 1. The lowest BCUT2D eigenvalue weighted by Gasteiger charge is -2.34. The minimum Gasteiger partial charge on any atom is -0.461 e.